The number of likely N-dealkylation sites (tertiary alicyclic amines) is 1. The van der Waals surface area contributed by atoms with Gasteiger partial charge < -0.3 is 14.4 Å². The molecule has 0 aromatic heterocycles. The highest BCUT2D eigenvalue weighted by Gasteiger charge is 2.28. The molecule has 32 heavy (non-hydrogen) atoms. The second-order valence-electron chi connectivity index (χ2n) is 8.54. The van der Waals surface area contributed by atoms with Gasteiger partial charge in [0.05, 0.1) is 14.2 Å². The van der Waals surface area contributed by atoms with Gasteiger partial charge in [0.15, 0.2) is 0 Å². The van der Waals surface area contributed by atoms with Crippen molar-refractivity contribution in [2.75, 3.05) is 52.3 Å². The molecule has 0 spiro atoms. The standard InChI is InChI=1S/C24H33N3O4S/c1-26-14-11-19-15-18(7-9-21(19)26)22(27-12-5-4-6-13-27)17-25-32(28,29)24-16-20(30-2)8-10-23(24)31-3/h7-10,15-16,22,25H,4-6,11-14,17H2,1-3H3/t22-/m0/s1. The van der Waals surface area contributed by atoms with Gasteiger partial charge in [-0.2, -0.15) is 0 Å². The summed E-state index contributed by atoms with van der Waals surface area (Å²) in [5.74, 6) is 0.773. The first-order valence-electron chi connectivity index (χ1n) is 11.2. The van der Waals surface area contributed by atoms with Crippen LogP contribution in [0.15, 0.2) is 41.3 Å². The molecule has 1 fully saturated rings. The molecule has 2 aliphatic heterocycles. The number of hydrogen-bond donors (Lipinski definition) is 1. The van der Waals surface area contributed by atoms with E-state index in [4.69, 9.17) is 9.47 Å². The van der Waals surface area contributed by atoms with Crippen LogP contribution in [-0.4, -0.2) is 60.8 Å². The van der Waals surface area contributed by atoms with Crippen molar-refractivity contribution in [1.29, 1.82) is 0 Å². The first-order valence-corrected chi connectivity index (χ1v) is 12.7. The number of nitrogens with one attached hydrogen (secondary N) is 1. The van der Waals surface area contributed by atoms with Crippen LogP contribution < -0.4 is 19.1 Å². The molecule has 0 aliphatic carbocycles. The molecule has 0 bridgehead atoms. The fourth-order valence-electron chi connectivity index (χ4n) is 4.74. The number of likely N-dealkylation sites (N-methyl/N-ethyl adjacent to an activating group) is 1. The summed E-state index contributed by atoms with van der Waals surface area (Å²) in [7, 11) is 1.32. The number of fused-ring (bicyclic) bond motifs is 1. The minimum atomic E-state index is -3.79. The zero-order valence-corrected chi connectivity index (χ0v) is 20.0. The molecule has 2 aromatic carbocycles. The lowest BCUT2D eigenvalue weighted by Gasteiger charge is -2.35. The van der Waals surface area contributed by atoms with Crippen molar-refractivity contribution in [2.45, 2.75) is 36.6 Å². The average molecular weight is 460 g/mol. The molecule has 0 unspecified atom stereocenters. The Hall–Kier alpha value is -2.29. The lowest BCUT2D eigenvalue weighted by atomic mass is 9.99. The predicted molar refractivity (Wildman–Crippen MR) is 126 cm³/mol. The fraction of sp³-hybridized carbons (Fsp3) is 0.500. The molecule has 0 radical (unpaired) electrons. The number of methoxy groups -OCH3 is 2. The molecule has 174 valence electrons. The van der Waals surface area contributed by atoms with Crippen LogP contribution in [0.2, 0.25) is 0 Å². The first-order chi connectivity index (χ1) is 15.4. The van der Waals surface area contributed by atoms with Gasteiger partial charge in [-0.05, 0) is 61.7 Å². The molecular formula is C24H33N3O4S. The van der Waals surface area contributed by atoms with Crippen molar-refractivity contribution in [2.24, 2.45) is 0 Å². The van der Waals surface area contributed by atoms with E-state index in [1.54, 1.807) is 12.1 Å². The molecule has 4 rings (SSSR count). The van der Waals surface area contributed by atoms with Gasteiger partial charge in [0.25, 0.3) is 0 Å². The number of sulfonamides is 1. The Morgan fingerprint density at radius 2 is 1.78 bits per heavy atom. The highest BCUT2D eigenvalue weighted by molar-refractivity contribution is 7.89. The molecule has 2 aliphatic rings. The molecule has 2 aromatic rings. The van der Waals surface area contributed by atoms with E-state index in [1.807, 2.05) is 0 Å². The Labute approximate surface area is 191 Å². The first kappa shape index (κ1) is 22.9. The normalized spacial score (nSPS) is 17.8. The fourth-order valence-corrected chi connectivity index (χ4v) is 5.96. The van der Waals surface area contributed by atoms with Crippen molar-refractivity contribution < 1.29 is 17.9 Å². The smallest absolute Gasteiger partial charge is 0.244 e. The van der Waals surface area contributed by atoms with Crippen LogP contribution in [0.25, 0.3) is 0 Å². The van der Waals surface area contributed by atoms with Gasteiger partial charge in [0, 0.05) is 37.9 Å². The van der Waals surface area contributed by atoms with Gasteiger partial charge in [-0.3, -0.25) is 4.90 Å². The zero-order chi connectivity index (χ0) is 22.7. The van der Waals surface area contributed by atoms with Crippen molar-refractivity contribution >= 4 is 15.7 Å². The highest BCUT2D eigenvalue weighted by atomic mass is 32.2. The number of hydrogen-bond acceptors (Lipinski definition) is 6. The third kappa shape index (κ3) is 4.72. The Balaban J connectivity index is 1.61. The zero-order valence-electron chi connectivity index (χ0n) is 19.1. The van der Waals surface area contributed by atoms with Gasteiger partial charge in [0.1, 0.15) is 16.4 Å². The van der Waals surface area contributed by atoms with Gasteiger partial charge in [-0.1, -0.05) is 18.6 Å². The molecule has 7 nitrogen and oxygen atoms in total. The molecule has 1 saturated heterocycles. The predicted octanol–water partition coefficient (Wildman–Crippen LogP) is 3.20. The number of nitrogens with zero attached hydrogens (tertiary/aromatic N) is 2. The number of anilines is 1. The Bertz CT molecular complexity index is 1050. The van der Waals surface area contributed by atoms with Crippen LogP contribution >= 0.6 is 0 Å². The molecule has 2 heterocycles. The Morgan fingerprint density at radius 3 is 2.50 bits per heavy atom. The quantitative estimate of drug-likeness (QED) is 0.654. The number of piperidine rings is 1. The second-order valence-corrected chi connectivity index (χ2v) is 10.3. The van der Waals surface area contributed by atoms with Crippen molar-refractivity contribution in [3.8, 4) is 11.5 Å². The van der Waals surface area contributed by atoms with Crippen LogP contribution in [0, 0.1) is 0 Å². The lowest BCUT2D eigenvalue weighted by molar-refractivity contribution is 0.164. The molecule has 1 N–H and O–H groups in total. The van der Waals surface area contributed by atoms with Crippen LogP contribution in [0.5, 0.6) is 11.5 Å². The van der Waals surface area contributed by atoms with E-state index in [0.717, 1.165) is 38.9 Å². The number of benzene rings is 2. The maximum atomic E-state index is 13.3. The van der Waals surface area contributed by atoms with E-state index in [0.29, 0.717) is 18.0 Å². The van der Waals surface area contributed by atoms with Crippen molar-refractivity contribution in [3.63, 3.8) is 0 Å². The third-order valence-corrected chi connectivity index (χ3v) is 8.02. The summed E-state index contributed by atoms with van der Waals surface area (Å²) in [6.07, 6.45) is 4.53. The minimum absolute atomic E-state index is 0.0158. The van der Waals surface area contributed by atoms with E-state index >= 15 is 0 Å². The van der Waals surface area contributed by atoms with E-state index in [-0.39, 0.29) is 10.9 Å². The summed E-state index contributed by atoms with van der Waals surface area (Å²) >= 11 is 0. The summed E-state index contributed by atoms with van der Waals surface area (Å²) in [6.45, 7) is 3.28. The second kappa shape index (κ2) is 9.68. The van der Waals surface area contributed by atoms with E-state index in [1.165, 1.54) is 43.5 Å². The maximum absolute atomic E-state index is 13.3. The molecule has 0 saturated carbocycles. The summed E-state index contributed by atoms with van der Waals surface area (Å²) in [4.78, 5) is 4.77. The highest BCUT2D eigenvalue weighted by Crippen LogP contribution is 2.33. The Morgan fingerprint density at radius 1 is 1.00 bits per heavy atom. The van der Waals surface area contributed by atoms with Gasteiger partial charge in [-0.15, -0.1) is 0 Å². The molecule has 1 atom stereocenters. The van der Waals surface area contributed by atoms with Gasteiger partial charge in [0.2, 0.25) is 10.0 Å². The third-order valence-electron chi connectivity index (χ3n) is 6.57. The van der Waals surface area contributed by atoms with Crippen LogP contribution in [-0.2, 0) is 16.4 Å². The van der Waals surface area contributed by atoms with E-state index in [2.05, 4.69) is 39.8 Å². The van der Waals surface area contributed by atoms with Gasteiger partial charge >= 0.3 is 0 Å². The van der Waals surface area contributed by atoms with Crippen molar-refractivity contribution in [1.82, 2.24) is 9.62 Å². The number of ether oxygens (including phenoxy) is 2. The number of rotatable bonds is 8. The Kier molecular flexibility index (Phi) is 6.93. The lowest BCUT2D eigenvalue weighted by Crippen LogP contribution is -2.40. The SMILES string of the molecule is COc1ccc(OC)c(S(=O)(=O)NC[C@@H](c2ccc3c(c2)CCN3C)N2CCCCC2)c1. The molecule has 8 heteroatoms. The summed E-state index contributed by atoms with van der Waals surface area (Å²) in [5, 5.41) is 0. The maximum Gasteiger partial charge on any atom is 0.244 e. The monoisotopic (exact) mass is 459 g/mol. The summed E-state index contributed by atoms with van der Waals surface area (Å²) in [5.41, 5.74) is 3.78. The summed E-state index contributed by atoms with van der Waals surface area (Å²) in [6, 6.07) is 11.4. The van der Waals surface area contributed by atoms with Crippen LogP contribution in [0.4, 0.5) is 5.69 Å². The minimum Gasteiger partial charge on any atom is -0.497 e. The van der Waals surface area contributed by atoms with E-state index < -0.39 is 10.0 Å². The molecule has 0 amide bonds. The van der Waals surface area contributed by atoms with E-state index in [9.17, 15) is 8.42 Å². The largest absolute Gasteiger partial charge is 0.497 e. The molecular weight excluding hydrogens is 426 g/mol. The summed E-state index contributed by atoms with van der Waals surface area (Å²) < 4.78 is 39.9. The topological polar surface area (TPSA) is 71.1 Å². The average Bonchev–Trinajstić information content (AvgIpc) is 3.19. The van der Waals surface area contributed by atoms with Crippen LogP contribution in [0.3, 0.4) is 0 Å². The van der Waals surface area contributed by atoms with Crippen LogP contribution in [0.1, 0.15) is 36.4 Å². The van der Waals surface area contributed by atoms with Crippen molar-refractivity contribution in [3.05, 3.63) is 47.5 Å². The van der Waals surface area contributed by atoms with Gasteiger partial charge in [-0.25, -0.2) is 13.1 Å².